The second kappa shape index (κ2) is 5.75. The van der Waals surface area contributed by atoms with Gasteiger partial charge in [0.2, 0.25) is 0 Å². The van der Waals surface area contributed by atoms with Crippen molar-refractivity contribution in [3.63, 3.8) is 0 Å². The highest BCUT2D eigenvalue weighted by Gasteiger charge is 2.19. The van der Waals surface area contributed by atoms with E-state index in [1.165, 1.54) is 6.07 Å². The van der Waals surface area contributed by atoms with Crippen LogP contribution < -0.4 is 10.5 Å². The summed E-state index contributed by atoms with van der Waals surface area (Å²) in [5.74, 6) is 0. The Hall–Kier alpha value is -1.05. The van der Waals surface area contributed by atoms with Gasteiger partial charge in [0.05, 0.1) is 10.6 Å². The van der Waals surface area contributed by atoms with Gasteiger partial charge in [-0.25, -0.2) is 8.42 Å². The van der Waals surface area contributed by atoms with Crippen LogP contribution in [0.1, 0.15) is 5.56 Å². The van der Waals surface area contributed by atoms with Crippen molar-refractivity contribution in [3.8, 4) is 0 Å². The second-order valence-electron chi connectivity index (χ2n) is 4.23. The summed E-state index contributed by atoms with van der Waals surface area (Å²) in [6, 6.07) is 10.1. The number of rotatable bonds is 3. The Morgan fingerprint density at radius 3 is 2.30 bits per heavy atom. The van der Waals surface area contributed by atoms with Crippen LogP contribution in [0.2, 0.25) is 0 Å². The van der Waals surface area contributed by atoms with Gasteiger partial charge in [-0.15, -0.1) is 0 Å². The molecule has 0 amide bonds. The molecule has 2 aromatic carbocycles. The fourth-order valence-corrected chi connectivity index (χ4v) is 4.53. The molecule has 0 aliphatic heterocycles. The molecule has 0 atom stereocenters. The smallest absolute Gasteiger partial charge is 0.262 e. The van der Waals surface area contributed by atoms with Crippen LogP contribution in [0.25, 0.3) is 0 Å². The number of nitrogen functional groups attached to an aromatic ring is 1. The third-order valence-corrected chi connectivity index (χ3v) is 5.51. The van der Waals surface area contributed by atoms with Crippen LogP contribution >= 0.6 is 31.9 Å². The van der Waals surface area contributed by atoms with Crippen molar-refractivity contribution in [1.29, 1.82) is 0 Å². The minimum absolute atomic E-state index is 0.167. The predicted molar refractivity (Wildman–Crippen MR) is 88.2 cm³/mol. The normalized spacial score (nSPS) is 11.3. The van der Waals surface area contributed by atoms with E-state index in [1.54, 1.807) is 37.3 Å². The average Bonchev–Trinajstić information content (AvgIpc) is 2.37. The van der Waals surface area contributed by atoms with Crippen LogP contribution in [-0.2, 0) is 10.0 Å². The van der Waals surface area contributed by atoms with Gasteiger partial charge in [-0.05, 0) is 68.6 Å². The SMILES string of the molecule is Cc1ccc(N)cc1S(=O)(=O)Nc1c(Br)cccc1Br. The molecule has 0 saturated heterocycles. The van der Waals surface area contributed by atoms with E-state index < -0.39 is 10.0 Å². The standard InChI is InChI=1S/C13H12Br2N2O2S/c1-8-5-6-9(16)7-12(8)20(18,19)17-13-10(14)3-2-4-11(13)15/h2-7,17H,16H2,1H3. The zero-order chi connectivity index (χ0) is 14.9. The van der Waals surface area contributed by atoms with Crippen molar-refractivity contribution in [2.75, 3.05) is 10.5 Å². The number of para-hydroxylation sites is 1. The summed E-state index contributed by atoms with van der Waals surface area (Å²) in [5.41, 5.74) is 7.16. The van der Waals surface area contributed by atoms with Gasteiger partial charge < -0.3 is 5.73 Å². The minimum Gasteiger partial charge on any atom is -0.399 e. The number of hydrogen-bond acceptors (Lipinski definition) is 3. The molecule has 0 saturated carbocycles. The largest absolute Gasteiger partial charge is 0.399 e. The molecule has 3 N–H and O–H groups in total. The summed E-state index contributed by atoms with van der Waals surface area (Å²) in [6.45, 7) is 1.73. The maximum absolute atomic E-state index is 12.5. The molecule has 2 rings (SSSR count). The molecule has 0 heterocycles. The van der Waals surface area contributed by atoms with Gasteiger partial charge in [0.1, 0.15) is 0 Å². The molecule has 4 nitrogen and oxygen atoms in total. The van der Waals surface area contributed by atoms with E-state index in [-0.39, 0.29) is 4.90 Å². The zero-order valence-corrected chi connectivity index (χ0v) is 14.5. The molecule has 0 aromatic heterocycles. The summed E-state index contributed by atoms with van der Waals surface area (Å²) < 4.78 is 28.8. The Balaban J connectivity index is 2.49. The van der Waals surface area contributed by atoms with Gasteiger partial charge >= 0.3 is 0 Å². The molecule has 0 unspecified atom stereocenters. The summed E-state index contributed by atoms with van der Waals surface area (Å²) in [6.07, 6.45) is 0. The fraction of sp³-hybridized carbons (Fsp3) is 0.0769. The van der Waals surface area contributed by atoms with E-state index in [2.05, 4.69) is 36.6 Å². The minimum atomic E-state index is -3.70. The highest BCUT2D eigenvalue weighted by molar-refractivity contribution is 9.11. The van der Waals surface area contributed by atoms with Gasteiger partial charge in [-0.2, -0.15) is 0 Å². The van der Waals surface area contributed by atoms with Crippen LogP contribution in [-0.4, -0.2) is 8.42 Å². The first-order valence-electron chi connectivity index (χ1n) is 5.64. The number of hydrogen-bond donors (Lipinski definition) is 2. The first kappa shape index (κ1) is 15.3. The lowest BCUT2D eigenvalue weighted by Gasteiger charge is -2.13. The van der Waals surface area contributed by atoms with Crippen molar-refractivity contribution < 1.29 is 8.42 Å². The molecule has 2 aromatic rings. The topological polar surface area (TPSA) is 72.2 Å². The molecular weight excluding hydrogens is 408 g/mol. The molecule has 106 valence electrons. The number of nitrogens with one attached hydrogen (secondary N) is 1. The molecule has 0 fully saturated rings. The lowest BCUT2D eigenvalue weighted by molar-refractivity contribution is 0.600. The van der Waals surface area contributed by atoms with Gasteiger partial charge in [0, 0.05) is 14.6 Å². The van der Waals surface area contributed by atoms with Gasteiger partial charge in [0.25, 0.3) is 10.0 Å². The van der Waals surface area contributed by atoms with E-state index in [4.69, 9.17) is 5.73 Å². The van der Waals surface area contributed by atoms with E-state index >= 15 is 0 Å². The van der Waals surface area contributed by atoms with Crippen molar-refractivity contribution in [2.45, 2.75) is 11.8 Å². The van der Waals surface area contributed by atoms with Crippen LogP contribution in [0.15, 0.2) is 50.2 Å². The Morgan fingerprint density at radius 1 is 1.10 bits per heavy atom. The Morgan fingerprint density at radius 2 is 1.70 bits per heavy atom. The van der Waals surface area contributed by atoms with E-state index in [1.807, 2.05) is 0 Å². The molecular formula is C13H12Br2N2O2S. The monoisotopic (exact) mass is 418 g/mol. The number of sulfonamides is 1. The zero-order valence-electron chi connectivity index (χ0n) is 10.5. The number of halogens is 2. The van der Waals surface area contributed by atoms with Crippen LogP contribution in [0.4, 0.5) is 11.4 Å². The highest BCUT2D eigenvalue weighted by Crippen LogP contribution is 2.33. The summed E-state index contributed by atoms with van der Waals surface area (Å²) >= 11 is 6.65. The average molecular weight is 420 g/mol. The summed E-state index contributed by atoms with van der Waals surface area (Å²) in [4.78, 5) is 0.167. The summed E-state index contributed by atoms with van der Waals surface area (Å²) in [5, 5.41) is 0. The highest BCUT2D eigenvalue weighted by atomic mass is 79.9. The number of aryl methyl sites for hydroxylation is 1. The lowest BCUT2D eigenvalue weighted by Crippen LogP contribution is -2.15. The van der Waals surface area contributed by atoms with Crippen LogP contribution in [0.5, 0.6) is 0 Å². The predicted octanol–water partition coefficient (Wildman–Crippen LogP) is 3.90. The molecule has 0 aliphatic rings. The van der Waals surface area contributed by atoms with Gasteiger partial charge in [-0.3, -0.25) is 4.72 Å². The van der Waals surface area contributed by atoms with Gasteiger partial charge in [-0.1, -0.05) is 12.1 Å². The number of benzene rings is 2. The molecule has 0 spiro atoms. The molecule has 0 bridgehead atoms. The first-order chi connectivity index (χ1) is 9.31. The number of nitrogens with two attached hydrogens (primary N) is 1. The van der Waals surface area contributed by atoms with Crippen molar-refractivity contribution in [3.05, 3.63) is 50.9 Å². The van der Waals surface area contributed by atoms with Gasteiger partial charge in [0.15, 0.2) is 0 Å². The first-order valence-corrected chi connectivity index (χ1v) is 8.71. The van der Waals surface area contributed by atoms with Crippen LogP contribution in [0, 0.1) is 6.92 Å². The molecule has 0 radical (unpaired) electrons. The Labute approximate surface area is 134 Å². The van der Waals surface area contributed by atoms with E-state index in [0.29, 0.717) is 25.9 Å². The second-order valence-corrected chi connectivity index (χ2v) is 7.59. The van der Waals surface area contributed by atoms with Crippen molar-refractivity contribution in [2.24, 2.45) is 0 Å². The van der Waals surface area contributed by atoms with E-state index in [0.717, 1.165) is 0 Å². The quantitative estimate of drug-likeness (QED) is 0.741. The Bertz CT molecular complexity index is 741. The summed E-state index contributed by atoms with van der Waals surface area (Å²) in [7, 11) is -3.70. The third kappa shape index (κ3) is 3.16. The van der Waals surface area contributed by atoms with Crippen LogP contribution in [0.3, 0.4) is 0 Å². The molecule has 20 heavy (non-hydrogen) atoms. The van der Waals surface area contributed by atoms with E-state index in [9.17, 15) is 8.42 Å². The maximum Gasteiger partial charge on any atom is 0.262 e. The maximum atomic E-state index is 12.5. The lowest BCUT2D eigenvalue weighted by atomic mass is 10.2. The van der Waals surface area contributed by atoms with Crippen molar-refractivity contribution >= 4 is 53.3 Å². The Kier molecular flexibility index (Phi) is 4.41. The third-order valence-electron chi connectivity index (χ3n) is 2.70. The van der Waals surface area contributed by atoms with Crippen molar-refractivity contribution in [1.82, 2.24) is 0 Å². The molecule has 0 aliphatic carbocycles. The molecule has 7 heteroatoms. The fourth-order valence-electron chi connectivity index (χ4n) is 1.69. The number of anilines is 2.